The number of aromatic amines is 3. The fraction of sp³-hybridized carbons (Fsp3) is 0.222. The van der Waals surface area contributed by atoms with E-state index in [0.29, 0.717) is 73.9 Å². The SMILES string of the molecule is CC(=O)c1ccc(C(=O)Nc2cccc(CSc3ncnc4[nH]ncc34)c2)s1.CC(C)(C)[C@@H](O)C(=O)Nc1cccc(CSc2ncnc3[nH]ncc23)c1.O=C1CC[C@H](C(=O)Nc2cccc(CSc3ncnc4[nH]ncc34)c2)N1. The highest BCUT2D eigenvalue weighted by molar-refractivity contribution is 7.99. The average molecular weight is 1150 g/mol. The number of fused-ring (bicyclic) bond motifs is 3. The second-order valence-electron chi connectivity index (χ2n) is 19.0. The lowest BCUT2D eigenvalue weighted by atomic mass is 9.88. The maximum atomic E-state index is 12.4. The normalized spacial score (nSPS) is 13.4. The van der Waals surface area contributed by atoms with Crippen molar-refractivity contribution < 1.29 is 29.1 Å². The molecular weight excluding hydrogens is 1100 g/mol. The summed E-state index contributed by atoms with van der Waals surface area (Å²) in [5, 5.41) is 46.9. The number of amides is 4. The van der Waals surface area contributed by atoms with Crippen LogP contribution in [0.4, 0.5) is 17.1 Å². The first-order valence-corrected chi connectivity index (χ1v) is 28.5. The largest absolute Gasteiger partial charge is 0.383 e. The van der Waals surface area contributed by atoms with Gasteiger partial charge in [0.25, 0.3) is 11.8 Å². The summed E-state index contributed by atoms with van der Waals surface area (Å²) in [6.45, 7) is 6.96. The molecule has 408 valence electrons. The van der Waals surface area contributed by atoms with Crippen molar-refractivity contribution in [1.29, 1.82) is 0 Å². The first kappa shape index (κ1) is 56.3. The van der Waals surface area contributed by atoms with Crippen LogP contribution < -0.4 is 21.3 Å². The van der Waals surface area contributed by atoms with E-state index < -0.39 is 23.5 Å². The molecule has 26 heteroatoms. The predicted molar refractivity (Wildman–Crippen MR) is 309 cm³/mol. The van der Waals surface area contributed by atoms with E-state index in [9.17, 15) is 29.1 Å². The van der Waals surface area contributed by atoms with Gasteiger partial charge in [0.05, 0.1) is 44.5 Å². The molecule has 0 aliphatic carbocycles. The number of carbonyl (C=O) groups is 5. The minimum absolute atomic E-state index is 0.0421. The minimum Gasteiger partial charge on any atom is -0.383 e. The van der Waals surface area contributed by atoms with E-state index in [0.717, 1.165) is 47.9 Å². The molecule has 11 rings (SSSR count). The molecule has 1 fully saturated rings. The lowest BCUT2D eigenvalue weighted by molar-refractivity contribution is -0.129. The molecule has 4 amide bonds. The van der Waals surface area contributed by atoms with Gasteiger partial charge in [-0.2, -0.15) is 15.3 Å². The van der Waals surface area contributed by atoms with Gasteiger partial charge in [-0.25, -0.2) is 29.9 Å². The van der Waals surface area contributed by atoms with Gasteiger partial charge < -0.3 is 26.4 Å². The van der Waals surface area contributed by atoms with Crippen molar-refractivity contribution in [2.24, 2.45) is 5.41 Å². The third kappa shape index (κ3) is 14.8. The summed E-state index contributed by atoms with van der Waals surface area (Å²) < 4.78 is 0. The number of carbonyl (C=O) groups excluding carboxylic acids is 5. The number of nitrogens with one attached hydrogen (secondary N) is 7. The van der Waals surface area contributed by atoms with Crippen LogP contribution >= 0.6 is 46.6 Å². The van der Waals surface area contributed by atoms with Crippen LogP contribution in [0.3, 0.4) is 0 Å². The second kappa shape index (κ2) is 26.0. The Balaban J connectivity index is 0.000000145. The van der Waals surface area contributed by atoms with Gasteiger partial charge in [0.15, 0.2) is 22.7 Å². The molecule has 0 spiro atoms. The first-order chi connectivity index (χ1) is 38.6. The van der Waals surface area contributed by atoms with Crippen molar-refractivity contribution in [3.05, 3.63) is 149 Å². The lowest BCUT2D eigenvalue weighted by Crippen LogP contribution is -2.38. The van der Waals surface area contributed by atoms with Crippen LogP contribution in [0.25, 0.3) is 33.1 Å². The third-order valence-electron chi connectivity index (χ3n) is 11.9. The minimum atomic E-state index is -1.07. The Labute approximate surface area is 473 Å². The summed E-state index contributed by atoms with van der Waals surface area (Å²) in [6, 6.07) is 25.8. The number of aromatic nitrogens is 12. The van der Waals surface area contributed by atoms with Gasteiger partial charge in [-0.1, -0.05) is 57.2 Å². The van der Waals surface area contributed by atoms with Crippen molar-refractivity contribution in [3.63, 3.8) is 0 Å². The van der Waals surface area contributed by atoms with Gasteiger partial charge in [0.1, 0.15) is 46.2 Å². The topological polar surface area (TPSA) is 317 Å². The van der Waals surface area contributed by atoms with Crippen LogP contribution in [0.2, 0.25) is 0 Å². The highest BCUT2D eigenvalue weighted by Gasteiger charge is 2.29. The van der Waals surface area contributed by atoms with E-state index in [4.69, 9.17) is 0 Å². The molecule has 7 aromatic heterocycles. The van der Waals surface area contributed by atoms with Crippen LogP contribution in [0.1, 0.15) is 76.6 Å². The predicted octanol–water partition coefficient (Wildman–Crippen LogP) is 9.01. The highest BCUT2D eigenvalue weighted by atomic mass is 32.2. The molecule has 8 N–H and O–H groups in total. The number of thiophene rings is 1. The van der Waals surface area contributed by atoms with Gasteiger partial charge >= 0.3 is 0 Å². The average Bonchev–Trinajstić information content (AvgIpc) is 4.33. The summed E-state index contributed by atoms with van der Waals surface area (Å²) in [6.07, 6.45) is 9.52. The number of anilines is 3. The van der Waals surface area contributed by atoms with E-state index >= 15 is 0 Å². The molecule has 0 radical (unpaired) electrons. The molecule has 1 aliphatic heterocycles. The van der Waals surface area contributed by atoms with Crippen molar-refractivity contribution in [3.8, 4) is 0 Å². The standard InChI is InChI=1S/C19H15N5O2S2.C18H21N5O2S.C17H16N6O2S/c1-11(25)15-5-6-16(28-15)18(26)23-13-4-2-3-12(7-13)9-27-19-14-8-22-24-17(14)20-10-21-19;1-18(2,3)14(24)16(25)22-12-6-4-5-11(7-12)9-26-17-13-8-21-23-15(13)19-10-20-17;24-14-5-4-13(22-14)16(25)21-11-3-1-2-10(6-11)8-26-17-12-7-20-23-15(12)18-9-19-17/h2-8,10H,9H2,1H3,(H,23,26)(H,20,21,22,24);4-8,10,14,24H,9H2,1-3H3,(H,22,25)(H,19,20,21,23);1-3,6-7,9,13H,4-5,8H2,(H,21,25)(H,22,24)(H,18,19,20,23)/t;14-;13-/m.01/s1. The summed E-state index contributed by atoms with van der Waals surface area (Å²) in [4.78, 5) is 85.8. The van der Waals surface area contributed by atoms with Crippen LogP contribution in [0.15, 0.2) is 138 Å². The number of aliphatic hydroxyl groups excluding tert-OH is 1. The maximum absolute atomic E-state index is 12.4. The summed E-state index contributed by atoms with van der Waals surface area (Å²) >= 11 is 5.92. The number of thioether (sulfide) groups is 3. The molecule has 0 bridgehead atoms. The zero-order valence-electron chi connectivity index (χ0n) is 43.4. The molecule has 1 saturated heterocycles. The van der Waals surface area contributed by atoms with Crippen LogP contribution in [-0.2, 0) is 31.6 Å². The Kier molecular flexibility index (Phi) is 18.3. The van der Waals surface area contributed by atoms with Crippen molar-refractivity contribution in [2.75, 3.05) is 16.0 Å². The fourth-order valence-electron chi connectivity index (χ4n) is 7.73. The number of ketones is 1. The molecule has 8 heterocycles. The quantitative estimate of drug-likeness (QED) is 0.0254. The molecule has 0 unspecified atom stereocenters. The monoisotopic (exact) mass is 1150 g/mol. The number of benzene rings is 3. The molecular formula is C54H52N16O6S4. The first-order valence-electron chi connectivity index (χ1n) is 24.7. The third-order valence-corrected chi connectivity index (χ3v) is 16.3. The van der Waals surface area contributed by atoms with Gasteiger partial charge in [-0.3, -0.25) is 39.3 Å². The Morgan fingerprint density at radius 3 is 1.48 bits per heavy atom. The van der Waals surface area contributed by atoms with E-state index in [1.54, 1.807) is 72.1 Å². The Bertz CT molecular complexity index is 3840. The maximum Gasteiger partial charge on any atom is 0.265 e. The number of hydrogen-bond donors (Lipinski definition) is 8. The van der Waals surface area contributed by atoms with Crippen molar-refractivity contribution in [2.45, 2.75) is 85.0 Å². The number of Topliss-reactive ketones (excluding diaryl/α,β-unsaturated/α-hetero) is 1. The molecule has 2 atom stereocenters. The van der Waals surface area contributed by atoms with Gasteiger partial charge in [-0.05, 0) is 84.0 Å². The Hall–Kier alpha value is -8.43. The van der Waals surface area contributed by atoms with Crippen molar-refractivity contribution in [1.82, 2.24) is 65.8 Å². The lowest BCUT2D eigenvalue weighted by Gasteiger charge is -2.24. The zero-order chi connectivity index (χ0) is 56.2. The van der Waals surface area contributed by atoms with E-state index in [-0.39, 0.29) is 23.5 Å². The van der Waals surface area contributed by atoms with E-state index in [1.807, 2.05) is 87.5 Å². The molecule has 22 nitrogen and oxygen atoms in total. The number of hydrogen-bond acceptors (Lipinski definition) is 19. The number of nitrogens with zero attached hydrogens (tertiary/aromatic N) is 9. The number of H-pyrrole nitrogens is 3. The van der Waals surface area contributed by atoms with E-state index in [1.165, 1.54) is 37.2 Å². The molecule has 10 aromatic rings. The summed E-state index contributed by atoms with van der Waals surface area (Å²) in [5.41, 5.74) is 6.83. The smallest absolute Gasteiger partial charge is 0.265 e. The van der Waals surface area contributed by atoms with E-state index in [2.05, 4.69) is 81.8 Å². The second-order valence-corrected chi connectivity index (χ2v) is 23.0. The van der Waals surface area contributed by atoms with Gasteiger partial charge in [0.2, 0.25) is 11.8 Å². The molecule has 1 aliphatic rings. The summed E-state index contributed by atoms with van der Waals surface area (Å²) in [7, 11) is 0. The van der Waals surface area contributed by atoms with Gasteiger partial charge in [0, 0.05) is 40.7 Å². The molecule has 0 saturated carbocycles. The number of rotatable bonds is 16. The fourth-order valence-corrected chi connectivity index (χ4v) is 11.3. The zero-order valence-corrected chi connectivity index (χ0v) is 46.6. The molecule has 80 heavy (non-hydrogen) atoms. The van der Waals surface area contributed by atoms with Crippen molar-refractivity contribution >= 4 is 126 Å². The Morgan fingerprint density at radius 1 is 0.625 bits per heavy atom. The molecule has 3 aromatic carbocycles. The van der Waals surface area contributed by atoms with Gasteiger partial charge in [-0.15, -0.1) is 46.6 Å². The number of aliphatic hydroxyl groups is 1. The highest BCUT2D eigenvalue weighted by Crippen LogP contribution is 2.31. The van der Waals surface area contributed by atoms with Crippen LogP contribution in [0, 0.1) is 5.41 Å². The summed E-state index contributed by atoms with van der Waals surface area (Å²) in [5.74, 6) is 1.14. The van der Waals surface area contributed by atoms with Crippen LogP contribution in [0.5, 0.6) is 0 Å². The van der Waals surface area contributed by atoms with Crippen LogP contribution in [-0.4, -0.2) is 107 Å². The Morgan fingerprint density at radius 2 is 1.06 bits per heavy atom.